The molecule has 0 N–H and O–H groups in total. The minimum absolute atomic E-state index is 0.788. The van der Waals surface area contributed by atoms with Gasteiger partial charge in [0.2, 0.25) is 0 Å². The third-order valence-electron chi connectivity index (χ3n) is 3.72. The van der Waals surface area contributed by atoms with Crippen LogP contribution in [0.5, 0.6) is 0 Å². The zero-order chi connectivity index (χ0) is 11.9. The molecule has 100 valence electrons. The van der Waals surface area contributed by atoms with Crippen molar-refractivity contribution >= 4 is 0 Å². The molecule has 0 aromatic rings. The molecule has 2 aliphatic rings. The smallest absolute Gasteiger partial charge is 0.0594 e. The van der Waals surface area contributed by atoms with Gasteiger partial charge in [0.05, 0.1) is 26.4 Å². The van der Waals surface area contributed by atoms with E-state index in [1.54, 1.807) is 0 Å². The molecule has 0 saturated carbocycles. The minimum Gasteiger partial charge on any atom is -0.379 e. The third-order valence-corrected chi connectivity index (χ3v) is 3.72. The van der Waals surface area contributed by atoms with E-state index in [1.165, 1.54) is 19.5 Å². The lowest BCUT2D eigenvalue weighted by Gasteiger charge is -2.31. The Labute approximate surface area is 105 Å². The normalized spacial score (nSPS) is 25.9. The first kappa shape index (κ1) is 13.3. The lowest BCUT2D eigenvalue weighted by molar-refractivity contribution is 0.0240. The lowest BCUT2D eigenvalue weighted by atomic mass is 10.1. The maximum absolute atomic E-state index is 5.37. The summed E-state index contributed by atoms with van der Waals surface area (Å²) in [7, 11) is 0. The lowest BCUT2D eigenvalue weighted by Crippen LogP contribution is -2.40. The van der Waals surface area contributed by atoms with Gasteiger partial charge in [-0.15, -0.1) is 0 Å². The SMILES string of the molecule is CC(CCN1CCOCC1)CN1CCOCC1. The third kappa shape index (κ3) is 4.92. The molecule has 0 bridgehead atoms. The molecule has 4 nitrogen and oxygen atoms in total. The van der Waals surface area contributed by atoms with E-state index in [4.69, 9.17) is 9.47 Å². The van der Waals surface area contributed by atoms with Gasteiger partial charge in [-0.1, -0.05) is 6.92 Å². The summed E-state index contributed by atoms with van der Waals surface area (Å²) in [4.78, 5) is 5.06. The Hall–Kier alpha value is -0.160. The van der Waals surface area contributed by atoms with Gasteiger partial charge in [-0.3, -0.25) is 9.80 Å². The van der Waals surface area contributed by atoms with Crippen molar-refractivity contribution in [1.82, 2.24) is 9.80 Å². The number of hydrogen-bond donors (Lipinski definition) is 0. The average molecular weight is 242 g/mol. The van der Waals surface area contributed by atoms with Gasteiger partial charge >= 0.3 is 0 Å². The van der Waals surface area contributed by atoms with Crippen LogP contribution >= 0.6 is 0 Å². The van der Waals surface area contributed by atoms with Gasteiger partial charge in [0, 0.05) is 32.7 Å². The van der Waals surface area contributed by atoms with Crippen LogP contribution < -0.4 is 0 Å². The van der Waals surface area contributed by atoms with E-state index >= 15 is 0 Å². The van der Waals surface area contributed by atoms with Gasteiger partial charge in [-0.05, 0) is 18.9 Å². The van der Waals surface area contributed by atoms with Crippen LogP contribution in [-0.4, -0.2) is 75.5 Å². The molecule has 17 heavy (non-hydrogen) atoms. The van der Waals surface area contributed by atoms with Crippen LogP contribution in [0.2, 0.25) is 0 Å². The van der Waals surface area contributed by atoms with Crippen LogP contribution in [-0.2, 0) is 9.47 Å². The van der Waals surface area contributed by atoms with Gasteiger partial charge in [0.15, 0.2) is 0 Å². The Balaban J connectivity index is 1.57. The molecule has 2 fully saturated rings. The van der Waals surface area contributed by atoms with Crippen LogP contribution in [0.3, 0.4) is 0 Å². The van der Waals surface area contributed by atoms with Gasteiger partial charge in [0.25, 0.3) is 0 Å². The van der Waals surface area contributed by atoms with Crippen molar-refractivity contribution in [3.63, 3.8) is 0 Å². The van der Waals surface area contributed by atoms with Gasteiger partial charge in [-0.2, -0.15) is 0 Å². The molecule has 0 spiro atoms. The first-order chi connectivity index (χ1) is 8.34. The molecule has 0 aromatic heterocycles. The summed E-state index contributed by atoms with van der Waals surface area (Å²) in [6, 6.07) is 0. The standard InChI is InChI=1S/C13H26N2O2/c1-13(12-15-6-10-17-11-7-15)2-3-14-4-8-16-9-5-14/h13H,2-12H2,1H3. The highest BCUT2D eigenvalue weighted by atomic mass is 16.5. The summed E-state index contributed by atoms with van der Waals surface area (Å²) in [5, 5.41) is 0. The summed E-state index contributed by atoms with van der Waals surface area (Å²) < 4.78 is 10.7. The average Bonchev–Trinajstić information content (AvgIpc) is 2.39. The second kappa shape index (κ2) is 7.31. The largest absolute Gasteiger partial charge is 0.379 e. The van der Waals surface area contributed by atoms with Crippen molar-refractivity contribution in [3.8, 4) is 0 Å². The van der Waals surface area contributed by atoms with Crippen molar-refractivity contribution in [1.29, 1.82) is 0 Å². The molecule has 2 aliphatic heterocycles. The summed E-state index contributed by atoms with van der Waals surface area (Å²) in [6.07, 6.45) is 1.30. The van der Waals surface area contributed by atoms with E-state index in [0.717, 1.165) is 58.5 Å². The van der Waals surface area contributed by atoms with Gasteiger partial charge < -0.3 is 9.47 Å². The van der Waals surface area contributed by atoms with Gasteiger partial charge in [-0.25, -0.2) is 0 Å². The molecular formula is C13H26N2O2. The quantitative estimate of drug-likeness (QED) is 0.708. The van der Waals surface area contributed by atoms with Gasteiger partial charge in [0.1, 0.15) is 0 Å². The summed E-state index contributed by atoms with van der Waals surface area (Å²) in [6.45, 7) is 12.9. The first-order valence-electron chi connectivity index (χ1n) is 6.95. The maximum Gasteiger partial charge on any atom is 0.0594 e. The Morgan fingerprint density at radius 1 is 0.882 bits per heavy atom. The maximum atomic E-state index is 5.37. The van der Waals surface area contributed by atoms with Crippen molar-refractivity contribution in [2.75, 3.05) is 65.7 Å². The van der Waals surface area contributed by atoms with Crippen LogP contribution in [0.1, 0.15) is 13.3 Å². The fourth-order valence-electron chi connectivity index (χ4n) is 2.54. The second-order valence-corrected chi connectivity index (χ2v) is 5.26. The van der Waals surface area contributed by atoms with Crippen LogP contribution in [0.25, 0.3) is 0 Å². The molecule has 0 aliphatic carbocycles. The number of rotatable bonds is 5. The monoisotopic (exact) mass is 242 g/mol. The van der Waals surface area contributed by atoms with Crippen LogP contribution in [0.4, 0.5) is 0 Å². The van der Waals surface area contributed by atoms with E-state index in [0.29, 0.717) is 0 Å². The van der Waals surface area contributed by atoms with Crippen LogP contribution in [0.15, 0.2) is 0 Å². The fourth-order valence-corrected chi connectivity index (χ4v) is 2.54. The van der Waals surface area contributed by atoms with Crippen molar-refractivity contribution in [2.24, 2.45) is 5.92 Å². The molecule has 0 radical (unpaired) electrons. The van der Waals surface area contributed by atoms with E-state index in [9.17, 15) is 0 Å². The number of morpholine rings is 2. The molecule has 2 heterocycles. The van der Waals surface area contributed by atoms with E-state index in [2.05, 4.69) is 16.7 Å². The zero-order valence-corrected chi connectivity index (χ0v) is 11.1. The summed E-state index contributed by atoms with van der Waals surface area (Å²) in [5.74, 6) is 0.788. The summed E-state index contributed by atoms with van der Waals surface area (Å²) >= 11 is 0. The topological polar surface area (TPSA) is 24.9 Å². The predicted molar refractivity (Wildman–Crippen MR) is 68.3 cm³/mol. The number of hydrogen-bond acceptors (Lipinski definition) is 4. The van der Waals surface area contributed by atoms with Crippen molar-refractivity contribution in [3.05, 3.63) is 0 Å². The molecule has 1 unspecified atom stereocenters. The summed E-state index contributed by atoms with van der Waals surface area (Å²) in [5.41, 5.74) is 0. The number of nitrogens with zero attached hydrogens (tertiary/aromatic N) is 2. The molecular weight excluding hydrogens is 216 g/mol. The Kier molecular flexibility index (Phi) is 5.71. The fraction of sp³-hybridized carbons (Fsp3) is 1.00. The second-order valence-electron chi connectivity index (χ2n) is 5.26. The predicted octanol–water partition coefficient (Wildman–Crippen LogP) is 0.677. The minimum atomic E-state index is 0.788. The molecule has 4 heteroatoms. The van der Waals surface area contributed by atoms with Crippen molar-refractivity contribution < 1.29 is 9.47 Å². The molecule has 0 amide bonds. The highest BCUT2D eigenvalue weighted by molar-refractivity contribution is 4.68. The molecule has 2 saturated heterocycles. The molecule has 2 rings (SSSR count). The van der Waals surface area contributed by atoms with Crippen LogP contribution in [0, 0.1) is 5.92 Å². The molecule has 0 aromatic carbocycles. The zero-order valence-electron chi connectivity index (χ0n) is 11.1. The Morgan fingerprint density at radius 2 is 1.41 bits per heavy atom. The Morgan fingerprint density at radius 3 is 2.00 bits per heavy atom. The van der Waals surface area contributed by atoms with E-state index in [-0.39, 0.29) is 0 Å². The highest BCUT2D eigenvalue weighted by Gasteiger charge is 2.15. The highest BCUT2D eigenvalue weighted by Crippen LogP contribution is 2.09. The van der Waals surface area contributed by atoms with E-state index in [1.807, 2.05) is 0 Å². The Bertz CT molecular complexity index is 202. The molecule has 1 atom stereocenters. The number of ether oxygens (including phenoxy) is 2. The first-order valence-corrected chi connectivity index (χ1v) is 6.95. The van der Waals surface area contributed by atoms with Crippen molar-refractivity contribution in [2.45, 2.75) is 13.3 Å². The van der Waals surface area contributed by atoms with E-state index < -0.39 is 0 Å².